The van der Waals surface area contributed by atoms with Gasteiger partial charge >= 0.3 is 19.4 Å². The fraction of sp³-hybridized carbons (Fsp3) is 0.500. The van der Waals surface area contributed by atoms with Crippen LogP contribution in [0.2, 0.25) is 10.0 Å². The molecule has 0 radical (unpaired) electrons. The number of aromatic amines is 1. The molecule has 12 nitrogen and oxygen atoms in total. The van der Waals surface area contributed by atoms with E-state index in [4.69, 9.17) is 46.5 Å². The van der Waals surface area contributed by atoms with Crippen molar-refractivity contribution in [3.05, 3.63) is 60.8 Å². The van der Waals surface area contributed by atoms with Crippen LogP contribution in [0.5, 0.6) is 5.75 Å². The maximum atomic E-state index is 13.6. The van der Waals surface area contributed by atoms with Crippen molar-refractivity contribution in [2.45, 2.75) is 52.2 Å². The van der Waals surface area contributed by atoms with E-state index in [1.165, 1.54) is 35.9 Å². The summed E-state index contributed by atoms with van der Waals surface area (Å²) in [4.78, 5) is 38.3. The molecule has 1 aromatic carbocycles. The Kier molecular flexibility index (Phi) is 10.4. The number of ether oxygens (including phenoxy) is 3. The van der Waals surface area contributed by atoms with Gasteiger partial charge in [-0.1, -0.05) is 36.5 Å². The number of benzene rings is 1. The lowest BCUT2D eigenvalue weighted by atomic mass is 10.3. The molecule has 2 heterocycles. The van der Waals surface area contributed by atoms with Crippen LogP contribution in [0.3, 0.4) is 0 Å². The number of hydrogen-bond donors (Lipinski definition) is 2. The van der Waals surface area contributed by atoms with Crippen molar-refractivity contribution < 1.29 is 32.6 Å². The van der Waals surface area contributed by atoms with Gasteiger partial charge in [-0.3, -0.25) is 23.7 Å². The molecule has 3 rings (SSSR count). The summed E-state index contributed by atoms with van der Waals surface area (Å²) in [6.45, 7) is 4.74. The summed E-state index contributed by atoms with van der Waals surface area (Å²) < 4.78 is 42.3. The van der Waals surface area contributed by atoms with Crippen molar-refractivity contribution in [3.8, 4) is 5.75 Å². The molecule has 1 aliphatic rings. The van der Waals surface area contributed by atoms with Gasteiger partial charge < -0.3 is 18.7 Å². The minimum atomic E-state index is -4.22. The standard InChI is InChI=1S/C22H28Cl2N3O9P/c1-4-5-8-32-21(29)14(3)26-37(31,36-15-6-7-16(23)17(24)9-15)34-12-19-33-11-18(35-19)27-10-13(2)20(28)25-22(27)30/h6-7,9-10,14,18-19H,4-5,8,11-12H2,1-3H3,(H,26,31)(H,25,28,30)/t14?,18-,19-,37?/m1/s1. The van der Waals surface area contributed by atoms with Crippen LogP contribution in [0.15, 0.2) is 34.0 Å². The first-order valence-electron chi connectivity index (χ1n) is 11.4. The zero-order valence-electron chi connectivity index (χ0n) is 20.4. The Morgan fingerprint density at radius 3 is 2.78 bits per heavy atom. The molecule has 0 aliphatic carbocycles. The Bertz CT molecular complexity index is 1270. The van der Waals surface area contributed by atoms with Crippen molar-refractivity contribution in [2.75, 3.05) is 19.8 Å². The highest BCUT2D eigenvalue weighted by Gasteiger charge is 2.36. The number of halogens is 2. The van der Waals surface area contributed by atoms with E-state index in [0.29, 0.717) is 12.0 Å². The van der Waals surface area contributed by atoms with Crippen LogP contribution >= 0.6 is 30.9 Å². The number of aryl methyl sites for hydroxylation is 1. The third-order valence-electron chi connectivity index (χ3n) is 5.13. The first-order chi connectivity index (χ1) is 17.5. The third kappa shape index (κ3) is 8.15. The van der Waals surface area contributed by atoms with Gasteiger partial charge in [-0.25, -0.2) is 9.36 Å². The van der Waals surface area contributed by atoms with E-state index < -0.39 is 50.1 Å². The third-order valence-corrected chi connectivity index (χ3v) is 7.52. The predicted molar refractivity (Wildman–Crippen MR) is 135 cm³/mol. The fourth-order valence-corrected chi connectivity index (χ4v) is 4.89. The Morgan fingerprint density at radius 1 is 1.32 bits per heavy atom. The number of hydrogen-bond acceptors (Lipinski definition) is 9. The fourth-order valence-electron chi connectivity index (χ4n) is 3.13. The molecule has 0 spiro atoms. The maximum absolute atomic E-state index is 13.6. The van der Waals surface area contributed by atoms with Crippen LogP contribution in [-0.4, -0.2) is 47.7 Å². The molecule has 0 saturated carbocycles. The van der Waals surface area contributed by atoms with Gasteiger partial charge in [-0.2, -0.15) is 5.09 Å². The molecule has 204 valence electrons. The van der Waals surface area contributed by atoms with Crippen LogP contribution in [0.4, 0.5) is 0 Å². The Hall–Kier alpha value is -2.18. The molecule has 1 aromatic heterocycles. The van der Waals surface area contributed by atoms with Crippen molar-refractivity contribution in [1.29, 1.82) is 0 Å². The molecule has 2 aromatic rings. The highest BCUT2D eigenvalue weighted by molar-refractivity contribution is 7.52. The second-order valence-electron chi connectivity index (χ2n) is 8.16. The maximum Gasteiger partial charge on any atom is 0.459 e. The molecule has 37 heavy (non-hydrogen) atoms. The topological polar surface area (TPSA) is 147 Å². The molecule has 1 aliphatic heterocycles. The average molecular weight is 580 g/mol. The molecular weight excluding hydrogens is 552 g/mol. The van der Waals surface area contributed by atoms with Crippen LogP contribution in [0.1, 0.15) is 38.5 Å². The van der Waals surface area contributed by atoms with Crippen molar-refractivity contribution in [3.63, 3.8) is 0 Å². The van der Waals surface area contributed by atoms with Crippen LogP contribution in [-0.2, 0) is 28.1 Å². The van der Waals surface area contributed by atoms with Crippen LogP contribution in [0, 0.1) is 6.92 Å². The number of carbonyl (C=O) groups excluding carboxylic acids is 1. The average Bonchev–Trinajstić information content (AvgIpc) is 3.31. The second kappa shape index (κ2) is 13.1. The van der Waals surface area contributed by atoms with E-state index >= 15 is 0 Å². The normalized spacial score (nSPS) is 19.8. The van der Waals surface area contributed by atoms with Crippen LogP contribution in [0.25, 0.3) is 0 Å². The van der Waals surface area contributed by atoms with Gasteiger partial charge in [0.15, 0.2) is 12.5 Å². The predicted octanol–water partition coefficient (Wildman–Crippen LogP) is 3.55. The lowest BCUT2D eigenvalue weighted by molar-refractivity contribution is -0.145. The number of nitrogens with one attached hydrogen (secondary N) is 2. The second-order valence-corrected chi connectivity index (χ2v) is 10.7. The van der Waals surface area contributed by atoms with Gasteiger partial charge in [0.1, 0.15) is 18.4 Å². The highest BCUT2D eigenvalue weighted by atomic mass is 35.5. The van der Waals surface area contributed by atoms with Crippen molar-refractivity contribution in [2.24, 2.45) is 0 Å². The summed E-state index contributed by atoms with van der Waals surface area (Å²) in [5.41, 5.74) is -0.864. The minimum Gasteiger partial charge on any atom is -0.465 e. The van der Waals surface area contributed by atoms with E-state index in [2.05, 4.69) is 10.1 Å². The molecule has 1 saturated heterocycles. The van der Waals surface area contributed by atoms with Gasteiger partial charge in [0.2, 0.25) is 0 Å². The zero-order valence-corrected chi connectivity index (χ0v) is 22.8. The lowest BCUT2D eigenvalue weighted by Gasteiger charge is -2.24. The summed E-state index contributed by atoms with van der Waals surface area (Å²) >= 11 is 12.0. The molecule has 2 unspecified atom stereocenters. The number of carbonyl (C=O) groups is 1. The summed E-state index contributed by atoms with van der Waals surface area (Å²) in [5.74, 6) is -0.575. The summed E-state index contributed by atoms with van der Waals surface area (Å²) in [5, 5.41) is 2.97. The molecule has 1 fully saturated rings. The molecule has 0 amide bonds. The van der Waals surface area contributed by atoms with E-state index in [0.717, 1.165) is 6.42 Å². The SMILES string of the molecule is CCCCOC(=O)C(C)NP(=O)(OC[C@@H]1OC[C@H](n2cc(C)c(=O)[nH]c2=O)O1)Oc1ccc(Cl)c(Cl)c1. The summed E-state index contributed by atoms with van der Waals surface area (Å²) in [7, 11) is -4.22. The summed E-state index contributed by atoms with van der Waals surface area (Å²) in [6.07, 6.45) is 0.979. The number of aromatic nitrogens is 2. The van der Waals surface area contributed by atoms with E-state index in [1.807, 2.05) is 6.92 Å². The van der Waals surface area contributed by atoms with Gasteiger partial charge in [0.05, 0.1) is 23.3 Å². The Labute approximate surface area is 222 Å². The summed E-state index contributed by atoms with van der Waals surface area (Å²) in [6, 6.07) is 3.17. The van der Waals surface area contributed by atoms with Crippen molar-refractivity contribution in [1.82, 2.24) is 14.6 Å². The Balaban J connectivity index is 1.70. The first-order valence-corrected chi connectivity index (χ1v) is 13.7. The smallest absolute Gasteiger partial charge is 0.459 e. The van der Waals surface area contributed by atoms with E-state index in [-0.39, 0.29) is 29.0 Å². The van der Waals surface area contributed by atoms with Crippen LogP contribution < -0.4 is 20.9 Å². The number of unbranched alkanes of at least 4 members (excludes halogenated alkanes) is 1. The molecule has 2 N–H and O–H groups in total. The minimum absolute atomic E-state index is 0.0368. The molecule has 4 atom stereocenters. The number of H-pyrrole nitrogens is 1. The zero-order chi connectivity index (χ0) is 27.2. The quantitative estimate of drug-likeness (QED) is 0.217. The number of esters is 1. The Morgan fingerprint density at radius 2 is 2.08 bits per heavy atom. The van der Waals surface area contributed by atoms with Gasteiger partial charge in [0.25, 0.3) is 5.56 Å². The highest BCUT2D eigenvalue weighted by Crippen LogP contribution is 2.46. The van der Waals surface area contributed by atoms with Crippen molar-refractivity contribution >= 4 is 36.9 Å². The lowest BCUT2D eigenvalue weighted by Crippen LogP contribution is -2.36. The molecular formula is C22H28Cl2N3O9P. The number of rotatable bonds is 12. The van der Waals surface area contributed by atoms with Gasteiger partial charge in [0, 0.05) is 17.8 Å². The first kappa shape index (κ1) is 29.4. The van der Waals surface area contributed by atoms with Gasteiger partial charge in [-0.05, 0) is 32.4 Å². The molecule has 15 heteroatoms. The van der Waals surface area contributed by atoms with E-state index in [1.54, 1.807) is 6.92 Å². The number of nitrogens with zero attached hydrogens (tertiary/aromatic N) is 1. The largest absolute Gasteiger partial charge is 0.465 e. The van der Waals surface area contributed by atoms with E-state index in [9.17, 15) is 18.9 Å². The molecule has 0 bridgehead atoms. The monoisotopic (exact) mass is 579 g/mol. The van der Waals surface area contributed by atoms with Gasteiger partial charge in [-0.15, -0.1) is 0 Å².